The maximum Gasteiger partial charge on any atom is 0.237 e. The fraction of sp³-hybridized carbons (Fsp3) is 0.417. The van der Waals surface area contributed by atoms with Crippen LogP contribution in [0.3, 0.4) is 0 Å². The Morgan fingerprint density at radius 3 is 3.07 bits per heavy atom. The van der Waals surface area contributed by atoms with Gasteiger partial charge in [0.05, 0.1) is 5.33 Å². The van der Waals surface area contributed by atoms with Crippen LogP contribution in [0, 0.1) is 6.92 Å². The second-order valence-corrected chi connectivity index (χ2v) is 4.43. The molecule has 0 saturated heterocycles. The monoisotopic (exact) mass is 267 g/mol. The fourth-order valence-corrected chi connectivity index (χ4v) is 2.47. The molecule has 3 heteroatoms. The van der Waals surface area contributed by atoms with E-state index < -0.39 is 0 Å². The van der Waals surface area contributed by atoms with Gasteiger partial charge < -0.3 is 4.90 Å². The van der Waals surface area contributed by atoms with Crippen LogP contribution in [-0.2, 0) is 11.2 Å². The van der Waals surface area contributed by atoms with Crippen molar-refractivity contribution in [3.8, 4) is 0 Å². The van der Waals surface area contributed by atoms with E-state index in [4.69, 9.17) is 0 Å². The normalized spacial score (nSPS) is 14.9. The molecule has 0 fully saturated rings. The molecule has 80 valence electrons. The van der Waals surface area contributed by atoms with Crippen molar-refractivity contribution in [2.75, 3.05) is 16.8 Å². The van der Waals surface area contributed by atoms with E-state index in [1.165, 1.54) is 11.1 Å². The molecule has 15 heavy (non-hydrogen) atoms. The largest absolute Gasteiger partial charge is 0.311 e. The number of aryl methyl sites for hydroxylation is 2. The van der Waals surface area contributed by atoms with Gasteiger partial charge in [-0.05, 0) is 30.9 Å². The summed E-state index contributed by atoms with van der Waals surface area (Å²) >= 11 is 3.24. The smallest absolute Gasteiger partial charge is 0.237 e. The van der Waals surface area contributed by atoms with Crippen molar-refractivity contribution >= 4 is 27.5 Å². The van der Waals surface area contributed by atoms with Crippen LogP contribution < -0.4 is 4.90 Å². The molecular formula is C12H14BrNO. The van der Waals surface area contributed by atoms with E-state index in [0.29, 0.717) is 5.33 Å². The Hall–Kier alpha value is -0.830. The number of nitrogens with zero attached hydrogens (tertiary/aromatic N) is 1. The Balaban J connectivity index is 2.45. The molecule has 1 aromatic carbocycles. The predicted molar refractivity (Wildman–Crippen MR) is 65.6 cm³/mol. The van der Waals surface area contributed by atoms with Crippen LogP contribution in [0.4, 0.5) is 5.69 Å². The molecule has 0 saturated carbocycles. The first-order chi connectivity index (χ1) is 7.24. The highest BCUT2D eigenvalue weighted by atomic mass is 79.9. The second-order valence-electron chi connectivity index (χ2n) is 3.87. The Bertz CT molecular complexity index is 389. The average molecular weight is 268 g/mol. The lowest BCUT2D eigenvalue weighted by Gasteiger charge is -2.30. The van der Waals surface area contributed by atoms with Crippen molar-refractivity contribution in [2.24, 2.45) is 0 Å². The van der Waals surface area contributed by atoms with Crippen molar-refractivity contribution in [1.82, 2.24) is 0 Å². The summed E-state index contributed by atoms with van der Waals surface area (Å²) in [6, 6.07) is 6.25. The molecule has 1 aromatic rings. The molecule has 0 bridgehead atoms. The molecule has 1 heterocycles. The van der Waals surface area contributed by atoms with Crippen molar-refractivity contribution in [3.05, 3.63) is 29.3 Å². The Labute approximate surface area is 98.4 Å². The molecule has 0 unspecified atom stereocenters. The Morgan fingerprint density at radius 1 is 1.53 bits per heavy atom. The zero-order valence-corrected chi connectivity index (χ0v) is 10.4. The van der Waals surface area contributed by atoms with Crippen LogP contribution in [0.1, 0.15) is 17.5 Å². The van der Waals surface area contributed by atoms with Crippen molar-refractivity contribution in [1.29, 1.82) is 0 Å². The van der Waals surface area contributed by atoms with Crippen molar-refractivity contribution in [2.45, 2.75) is 19.8 Å². The minimum atomic E-state index is 0.158. The number of halogens is 1. The molecule has 2 rings (SSSR count). The summed E-state index contributed by atoms with van der Waals surface area (Å²) in [5.74, 6) is 0.158. The van der Waals surface area contributed by atoms with Crippen LogP contribution >= 0.6 is 15.9 Å². The third-order valence-corrected chi connectivity index (χ3v) is 3.31. The van der Waals surface area contributed by atoms with E-state index in [1.807, 2.05) is 4.90 Å². The number of benzene rings is 1. The van der Waals surface area contributed by atoms with Crippen LogP contribution in [0.25, 0.3) is 0 Å². The summed E-state index contributed by atoms with van der Waals surface area (Å²) < 4.78 is 0. The number of para-hydroxylation sites is 1. The van der Waals surface area contributed by atoms with E-state index in [0.717, 1.165) is 25.1 Å². The third kappa shape index (κ3) is 1.93. The van der Waals surface area contributed by atoms with Crippen molar-refractivity contribution in [3.63, 3.8) is 0 Å². The number of carbonyl (C=O) groups is 1. The number of fused-ring (bicyclic) bond motifs is 1. The third-order valence-electron chi connectivity index (χ3n) is 2.83. The van der Waals surface area contributed by atoms with E-state index >= 15 is 0 Å². The topological polar surface area (TPSA) is 20.3 Å². The maximum atomic E-state index is 11.8. The van der Waals surface area contributed by atoms with Gasteiger partial charge in [-0.3, -0.25) is 4.79 Å². The van der Waals surface area contributed by atoms with Gasteiger partial charge >= 0.3 is 0 Å². The van der Waals surface area contributed by atoms with Crippen molar-refractivity contribution < 1.29 is 4.79 Å². The molecular weight excluding hydrogens is 254 g/mol. The summed E-state index contributed by atoms with van der Waals surface area (Å²) in [5, 5.41) is 0.404. The summed E-state index contributed by atoms with van der Waals surface area (Å²) in [5.41, 5.74) is 3.63. The highest BCUT2D eigenvalue weighted by Gasteiger charge is 2.22. The molecule has 0 aromatic heterocycles. The van der Waals surface area contributed by atoms with Gasteiger partial charge in [0.1, 0.15) is 0 Å². The fourth-order valence-electron chi connectivity index (χ4n) is 2.17. The SMILES string of the molecule is Cc1cccc2c1N(C(=O)CBr)CCC2. The number of carbonyl (C=O) groups excluding carboxylic acids is 1. The second kappa shape index (κ2) is 4.35. The number of hydrogen-bond acceptors (Lipinski definition) is 1. The zero-order valence-electron chi connectivity index (χ0n) is 8.79. The predicted octanol–water partition coefficient (Wildman–Crippen LogP) is 2.67. The molecule has 1 aliphatic heterocycles. The number of amides is 1. The molecule has 0 aliphatic carbocycles. The summed E-state index contributed by atoms with van der Waals surface area (Å²) in [6.45, 7) is 2.92. The highest BCUT2D eigenvalue weighted by Crippen LogP contribution is 2.30. The van der Waals surface area contributed by atoms with Crippen LogP contribution in [0.2, 0.25) is 0 Å². The maximum absolute atomic E-state index is 11.8. The van der Waals surface area contributed by atoms with Crippen LogP contribution in [0.5, 0.6) is 0 Å². The molecule has 1 amide bonds. The average Bonchev–Trinajstić information content (AvgIpc) is 2.28. The molecule has 2 nitrogen and oxygen atoms in total. The molecule has 0 spiro atoms. The Morgan fingerprint density at radius 2 is 2.33 bits per heavy atom. The van der Waals surface area contributed by atoms with Crippen LogP contribution in [0.15, 0.2) is 18.2 Å². The van der Waals surface area contributed by atoms with Gasteiger partial charge in [0, 0.05) is 12.2 Å². The first-order valence-corrected chi connectivity index (χ1v) is 6.31. The lowest BCUT2D eigenvalue weighted by atomic mass is 9.98. The van der Waals surface area contributed by atoms with Crippen LogP contribution in [-0.4, -0.2) is 17.8 Å². The van der Waals surface area contributed by atoms with Gasteiger partial charge in [-0.15, -0.1) is 0 Å². The standard InChI is InChI=1S/C12H14BrNO/c1-9-4-2-5-10-6-3-7-14(12(9)10)11(15)8-13/h2,4-5H,3,6-8H2,1H3. The molecule has 1 aliphatic rings. The summed E-state index contributed by atoms with van der Waals surface area (Å²) in [6.07, 6.45) is 2.15. The lowest BCUT2D eigenvalue weighted by molar-refractivity contribution is -0.116. The van der Waals surface area contributed by atoms with E-state index in [2.05, 4.69) is 41.1 Å². The first-order valence-electron chi connectivity index (χ1n) is 5.19. The number of anilines is 1. The number of hydrogen-bond donors (Lipinski definition) is 0. The molecule has 0 radical (unpaired) electrons. The van der Waals surface area contributed by atoms with Gasteiger partial charge in [-0.1, -0.05) is 34.1 Å². The zero-order chi connectivity index (χ0) is 10.8. The summed E-state index contributed by atoms with van der Waals surface area (Å²) in [7, 11) is 0. The first kappa shape index (κ1) is 10.7. The van der Waals surface area contributed by atoms with E-state index in [-0.39, 0.29) is 5.91 Å². The minimum Gasteiger partial charge on any atom is -0.311 e. The van der Waals surface area contributed by atoms with E-state index in [1.54, 1.807) is 0 Å². The van der Waals surface area contributed by atoms with Gasteiger partial charge in [0.15, 0.2) is 0 Å². The van der Waals surface area contributed by atoms with E-state index in [9.17, 15) is 4.79 Å². The summed E-state index contributed by atoms with van der Waals surface area (Å²) in [4.78, 5) is 13.7. The van der Waals surface area contributed by atoms with Gasteiger partial charge in [0.2, 0.25) is 5.91 Å². The van der Waals surface area contributed by atoms with Gasteiger partial charge in [0.25, 0.3) is 0 Å². The Kier molecular flexibility index (Phi) is 3.10. The van der Waals surface area contributed by atoms with Gasteiger partial charge in [-0.2, -0.15) is 0 Å². The van der Waals surface area contributed by atoms with Gasteiger partial charge in [-0.25, -0.2) is 0 Å². The molecule has 0 N–H and O–H groups in total. The lowest BCUT2D eigenvalue weighted by Crippen LogP contribution is -2.36. The number of rotatable bonds is 1. The number of alkyl halides is 1. The quantitative estimate of drug-likeness (QED) is 0.717. The molecule has 0 atom stereocenters. The minimum absolute atomic E-state index is 0.158. The highest BCUT2D eigenvalue weighted by molar-refractivity contribution is 9.09.